The van der Waals surface area contributed by atoms with Gasteiger partial charge in [-0.1, -0.05) is 30.3 Å². The first-order valence-corrected chi connectivity index (χ1v) is 10.1. The Morgan fingerprint density at radius 3 is 2.34 bits per heavy atom. The standard InChI is InChI=1S/C23H27N3O3/c1-29-21-9-7-20(8-10-21)26-17-19(15-22(26)27)23(28)25-13-11-24(12-14-25)16-18-5-3-2-4-6-18/h2-10,19H,11-17H2,1H3/t19-/m1/s1. The predicted molar refractivity (Wildman–Crippen MR) is 112 cm³/mol. The van der Waals surface area contributed by atoms with Gasteiger partial charge in [-0.05, 0) is 29.8 Å². The van der Waals surface area contributed by atoms with Crippen LogP contribution in [-0.4, -0.2) is 61.4 Å². The van der Waals surface area contributed by atoms with Crippen molar-refractivity contribution in [3.8, 4) is 5.75 Å². The zero-order chi connectivity index (χ0) is 20.2. The van der Waals surface area contributed by atoms with Crippen molar-refractivity contribution in [2.24, 2.45) is 5.92 Å². The van der Waals surface area contributed by atoms with Crippen molar-refractivity contribution in [1.82, 2.24) is 9.80 Å². The van der Waals surface area contributed by atoms with E-state index in [1.165, 1.54) is 5.56 Å². The van der Waals surface area contributed by atoms with E-state index >= 15 is 0 Å². The summed E-state index contributed by atoms with van der Waals surface area (Å²) in [6, 6.07) is 17.8. The molecule has 4 rings (SSSR count). The summed E-state index contributed by atoms with van der Waals surface area (Å²) in [5, 5.41) is 0. The van der Waals surface area contributed by atoms with Crippen LogP contribution in [-0.2, 0) is 16.1 Å². The van der Waals surface area contributed by atoms with E-state index in [0.717, 1.165) is 44.2 Å². The predicted octanol–water partition coefficient (Wildman–Crippen LogP) is 2.39. The number of nitrogens with zero attached hydrogens (tertiary/aromatic N) is 3. The smallest absolute Gasteiger partial charge is 0.228 e. The van der Waals surface area contributed by atoms with Crippen LogP contribution in [0.1, 0.15) is 12.0 Å². The van der Waals surface area contributed by atoms with Gasteiger partial charge in [0.05, 0.1) is 13.0 Å². The summed E-state index contributed by atoms with van der Waals surface area (Å²) in [5.41, 5.74) is 2.11. The van der Waals surface area contributed by atoms with Gasteiger partial charge in [0.2, 0.25) is 11.8 Å². The van der Waals surface area contributed by atoms with Crippen molar-refractivity contribution in [3.05, 3.63) is 60.2 Å². The third kappa shape index (κ3) is 4.43. The minimum Gasteiger partial charge on any atom is -0.497 e. The molecule has 1 atom stereocenters. The molecule has 0 unspecified atom stereocenters. The van der Waals surface area contributed by atoms with Crippen molar-refractivity contribution in [2.75, 3.05) is 44.7 Å². The van der Waals surface area contributed by atoms with Gasteiger partial charge >= 0.3 is 0 Å². The lowest BCUT2D eigenvalue weighted by Crippen LogP contribution is -2.50. The van der Waals surface area contributed by atoms with Gasteiger partial charge in [-0.15, -0.1) is 0 Å². The first-order valence-electron chi connectivity index (χ1n) is 10.1. The Hall–Kier alpha value is -2.86. The fourth-order valence-corrected chi connectivity index (χ4v) is 4.11. The summed E-state index contributed by atoms with van der Waals surface area (Å²) in [7, 11) is 1.62. The number of hydrogen-bond donors (Lipinski definition) is 0. The number of hydrogen-bond acceptors (Lipinski definition) is 4. The molecule has 2 fully saturated rings. The fourth-order valence-electron chi connectivity index (χ4n) is 4.11. The average Bonchev–Trinajstić information content (AvgIpc) is 3.16. The molecular weight excluding hydrogens is 366 g/mol. The van der Waals surface area contributed by atoms with Crippen LogP contribution in [0.3, 0.4) is 0 Å². The topological polar surface area (TPSA) is 53.1 Å². The number of methoxy groups -OCH3 is 1. The second kappa shape index (κ2) is 8.66. The van der Waals surface area contributed by atoms with Gasteiger partial charge in [0, 0.05) is 51.4 Å². The van der Waals surface area contributed by atoms with Gasteiger partial charge < -0.3 is 14.5 Å². The molecule has 2 aromatic rings. The molecule has 6 nitrogen and oxygen atoms in total. The van der Waals surface area contributed by atoms with Crippen LogP contribution >= 0.6 is 0 Å². The summed E-state index contributed by atoms with van der Waals surface area (Å²) >= 11 is 0. The van der Waals surface area contributed by atoms with Gasteiger partial charge in [-0.2, -0.15) is 0 Å². The maximum Gasteiger partial charge on any atom is 0.228 e. The van der Waals surface area contributed by atoms with Gasteiger partial charge in [-0.25, -0.2) is 0 Å². The molecule has 0 spiro atoms. The molecule has 0 bridgehead atoms. The number of piperazine rings is 1. The molecule has 0 saturated carbocycles. The van der Waals surface area contributed by atoms with Crippen molar-refractivity contribution in [2.45, 2.75) is 13.0 Å². The van der Waals surface area contributed by atoms with Gasteiger partial charge in [-0.3, -0.25) is 14.5 Å². The van der Waals surface area contributed by atoms with Gasteiger partial charge in [0.25, 0.3) is 0 Å². The lowest BCUT2D eigenvalue weighted by Gasteiger charge is -2.36. The van der Waals surface area contributed by atoms with E-state index in [1.54, 1.807) is 12.0 Å². The Morgan fingerprint density at radius 1 is 1.00 bits per heavy atom. The third-order valence-electron chi connectivity index (χ3n) is 5.79. The van der Waals surface area contributed by atoms with E-state index < -0.39 is 0 Å². The number of benzene rings is 2. The van der Waals surface area contributed by atoms with Gasteiger partial charge in [0.1, 0.15) is 5.75 Å². The molecule has 152 valence electrons. The average molecular weight is 393 g/mol. The lowest BCUT2D eigenvalue weighted by atomic mass is 10.1. The number of carbonyl (C=O) groups is 2. The highest BCUT2D eigenvalue weighted by molar-refractivity contribution is 6.00. The first kappa shape index (κ1) is 19.5. The summed E-state index contributed by atoms with van der Waals surface area (Å²) in [6.45, 7) is 4.54. The zero-order valence-electron chi connectivity index (χ0n) is 16.8. The van der Waals surface area contributed by atoms with E-state index in [1.807, 2.05) is 35.2 Å². The third-order valence-corrected chi connectivity index (χ3v) is 5.79. The van der Waals surface area contributed by atoms with Crippen molar-refractivity contribution < 1.29 is 14.3 Å². The summed E-state index contributed by atoms with van der Waals surface area (Å²) in [5.74, 6) is 0.608. The Labute approximate surface area is 171 Å². The summed E-state index contributed by atoms with van der Waals surface area (Å²) in [6.07, 6.45) is 0.287. The summed E-state index contributed by atoms with van der Waals surface area (Å²) in [4.78, 5) is 31.5. The largest absolute Gasteiger partial charge is 0.497 e. The molecule has 0 aromatic heterocycles. The van der Waals surface area contributed by atoms with Crippen molar-refractivity contribution in [1.29, 1.82) is 0 Å². The molecule has 29 heavy (non-hydrogen) atoms. The monoisotopic (exact) mass is 393 g/mol. The minimum atomic E-state index is -0.259. The highest BCUT2D eigenvalue weighted by atomic mass is 16.5. The van der Waals surface area contributed by atoms with Crippen LogP contribution in [0.4, 0.5) is 5.69 Å². The maximum absolute atomic E-state index is 13.0. The van der Waals surface area contributed by atoms with Crippen LogP contribution in [0.2, 0.25) is 0 Å². The van der Waals surface area contributed by atoms with Crippen LogP contribution in [0.15, 0.2) is 54.6 Å². The fraction of sp³-hybridized carbons (Fsp3) is 0.391. The van der Waals surface area contributed by atoms with E-state index in [9.17, 15) is 9.59 Å². The first-order chi connectivity index (χ1) is 14.1. The molecule has 2 saturated heterocycles. The Bertz CT molecular complexity index is 845. The van der Waals surface area contributed by atoms with E-state index in [0.29, 0.717) is 6.54 Å². The normalized spacial score (nSPS) is 20.2. The molecule has 6 heteroatoms. The molecule has 2 heterocycles. The highest BCUT2D eigenvalue weighted by Gasteiger charge is 2.37. The van der Waals surface area contributed by atoms with Crippen LogP contribution in [0.5, 0.6) is 5.75 Å². The number of anilines is 1. The Kier molecular flexibility index (Phi) is 5.81. The quantitative estimate of drug-likeness (QED) is 0.783. The highest BCUT2D eigenvalue weighted by Crippen LogP contribution is 2.28. The van der Waals surface area contributed by atoms with Crippen molar-refractivity contribution in [3.63, 3.8) is 0 Å². The minimum absolute atomic E-state index is 0.0104. The van der Waals surface area contributed by atoms with Crippen LogP contribution in [0, 0.1) is 5.92 Å². The Balaban J connectivity index is 1.31. The second-order valence-electron chi connectivity index (χ2n) is 7.69. The van der Waals surface area contributed by atoms with Gasteiger partial charge in [0.15, 0.2) is 0 Å². The molecule has 2 aromatic carbocycles. The van der Waals surface area contributed by atoms with Crippen LogP contribution in [0.25, 0.3) is 0 Å². The molecular formula is C23H27N3O3. The number of ether oxygens (including phenoxy) is 1. The lowest BCUT2D eigenvalue weighted by molar-refractivity contribution is -0.137. The number of rotatable bonds is 5. The van der Waals surface area contributed by atoms with E-state index in [4.69, 9.17) is 4.74 Å². The molecule has 0 radical (unpaired) electrons. The number of amides is 2. The molecule has 2 aliphatic rings. The molecule has 2 aliphatic heterocycles. The SMILES string of the molecule is COc1ccc(N2C[C@H](C(=O)N3CCN(Cc4ccccc4)CC3)CC2=O)cc1. The molecule has 2 amide bonds. The van der Waals surface area contributed by atoms with Crippen molar-refractivity contribution >= 4 is 17.5 Å². The van der Waals surface area contributed by atoms with Crippen LogP contribution < -0.4 is 9.64 Å². The second-order valence-corrected chi connectivity index (χ2v) is 7.69. The molecule has 0 aliphatic carbocycles. The van der Waals surface area contributed by atoms with E-state index in [2.05, 4.69) is 29.2 Å². The van der Waals surface area contributed by atoms with E-state index in [-0.39, 0.29) is 24.2 Å². The molecule has 0 N–H and O–H groups in total. The maximum atomic E-state index is 13.0. The zero-order valence-corrected chi connectivity index (χ0v) is 16.8. The Morgan fingerprint density at radius 2 is 1.69 bits per heavy atom. The summed E-state index contributed by atoms with van der Waals surface area (Å²) < 4.78 is 5.18. The number of carbonyl (C=O) groups excluding carboxylic acids is 2.